The number of amides is 4. The lowest BCUT2D eigenvalue weighted by molar-refractivity contribution is -0.133. The van der Waals surface area contributed by atoms with Crippen LogP contribution in [0.4, 0.5) is 11.4 Å². The molecule has 12 heteroatoms. The number of ether oxygens (including phenoxy) is 2. The molecule has 0 unspecified atom stereocenters. The lowest BCUT2D eigenvalue weighted by Crippen LogP contribution is -2.50. The van der Waals surface area contributed by atoms with Crippen LogP contribution in [-0.2, 0) is 19.2 Å². The second-order valence-electron chi connectivity index (χ2n) is 15.8. The van der Waals surface area contributed by atoms with Gasteiger partial charge in [-0.2, -0.15) is 0 Å². The van der Waals surface area contributed by atoms with Gasteiger partial charge in [0.05, 0.1) is 14.2 Å². The van der Waals surface area contributed by atoms with Crippen LogP contribution in [0.5, 0.6) is 11.5 Å². The minimum Gasteiger partial charge on any atom is -0.493 e. The number of carbonyl (C=O) groups is 4. The highest BCUT2D eigenvalue weighted by atomic mass is 16.5. The summed E-state index contributed by atoms with van der Waals surface area (Å²) in [5.41, 5.74) is 2.63. The Bertz CT molecular complexity index is 2190. The van der Waals surface area contributed by atoms with Gasteiger partial charge in [-0.3, -0.25) is 29.2 Å². The van der Waals surface area contributed by atoms with Crippen molar-refractivity contribution >= 4 is 46.4 Å². The van der Waals surface area contributed by atoms with E-state index in [-0.39, 0.29) is 36.7 Å². The Kier molecular flexibility index (Phi) is 13.4. The van der Waals surface area contributed by atoms with Gasteiger partial charge in [0.15, 0.2) is 11.5 Å². The van der Waals surface area contributed by atoms with Gasteiger partial charge in [0.25, 0.3) is 11.8 Å². The fourth-order valence-electron chi connectivity index (χ4n) is 8.75. The first-order valence-electron chi connectivity index (χ1n) is 21.1. The molecule has 0 atom stereocenters. The van der Waals surface area contributed by atoms with Crippen molar-refractivity contribution in [2.24, 2.45) is 9.98 Å². The largest absolute Gasteiger partial charge is 0.493 e. The Balaban J connectivity index is 0.000000183. The van der Waals surface area contributed by atoms with Crippen LogP contribution in [0.25, 0.3) is 0 Å². The molecule has 8 rings (SSSR count). The smallest absolute Gasteiger partial charge is 0.275 e. The van der Waals surface area contributed by atoms with E-state index in [1.807, 2.05) is 91.0 Å². The molecule has 2 fully saturated rings. The number of rotatable bonds is 10. The van der Waals surface area contributed by atoms with Gasteiger partial charge < -0.3 is 29.9 Å². The molecule has 4 aromatic carbocycles. The molecule has 0 bridgehead atoms. The zero-order valence-electron chi connectivity index (χ0n) is 34.5. The number of anilines is 2. The van der Waals surface area contributed by atoms with Gasteiger partial charge in [0, 0.05) is 28.6 Å². The Morgan fingerprint density at radius 2 is 0.933 bits per heavy atom. The number of hydrogen-bond donors (Lipinski definition) is 2. The number of para-hydroxylation sites is 1. The Labute approximate surface area is 352 Å². The lowest BCUT2D eigenvalue weighted by atomic mass is 10.00. The van der Waals surface area contributed by atoms with E-state index in [4.69, 9.17) is 19.5 Å². The Morgan fingerprint density at radius 3 is 1.35 bits per heavy atom. The number of benzene rings is 4. The van der Waals surface area contributed by atoms with E-state index in [9.17, 15) is 19.2 Å². The van der Waals surface area contributed by atoms with Gasteiger partial charge in [-0.05, 0) is 75.6 Å². The van der Waals surface area contributed by atoms with E-state index >= 15 is 0 Å². The fourth-order valence-corrected chi connectivity index (χ4v) is 8.75. The molecule has 2 aliphatic heterocycles. The summed E-state index contributed by atoms with van der Waals surface area (Å²) < 4.78 is 10.6. The minimum absolute atomic E-state index is 0.0214. The summed E-state index contributed by atoms with van der Waals surface area (Å²) in [5.74, 6) is 0.333. The average molecular weight is 811 g/mol. The molecule has 0 radical (unpaired) electrons. The maximum Gasteiger partial charge on any atom is 0.275 e. The summed E-state index contributed by atoms with van der Waals surface area (Å²) >= 11 is 0. The second kappa shape index (κ2) is 19.2. The van der Waals surface area contributed by atoms with Gasteiger partial charge in [0.2, 0.25) is 11.8 Å². The van der Waals surface area contributed by atoms with E-state index in [0.717, 1.165) is 93.9 Å². The van der Waals surface area contributed by atoms with E-state index in [0.29, 0.717) is 28.6 Å². The molecule has 4 aromatic rings. The first-order valence-corrected chi connectivity index (χ1v) is 21.1. The maximum atomic E-state index is 13.4. The normalized spacial score (nSPS) is 18.1. The summed E-state index contributed by atoms with van der Waals surface area (Å²) in [7, 11) is 3.11. The van der Waals surface area contributed by atoms with Crippen LogP contribution in [-0.4, -0.2) is 83.5 Å². The standard InChI is InChI=1S/C25H29N3O4.C23H25N3O2/c1-31-20-13-12-19(16-21(20)32-2)26-22(29)17-28-24(30)23(18-10-6-5-7-11-18)27-25(28)14-8-3-4-9-15-25;27-20(24-19-13-7-4-8-14-19)17-26-22(28)21(18-11-5-3-6-12-18)25-23(26)15-9-1-2-10-16-23/h5-7,10-13,16H,3-4,8-9,14-15,17H2,1-2H3,(H,26,29);3-8,11-14H,1-2,9-10,15-17H2,(H,24,27). The first-order chi connectivity index (χ1) is 29.2. The highest BCUT2D eigenvalue weighted by Crippen LogP contribution is 2.40. The quantitative estimate of drug-likeness (QED) is 0.166. The number of aliphatic imine (C=N–C) groups is 2. The highest BCUT2D eigenvalue weighted by molar-refractivity contribution is 6.47. The molecule has 312 valence electrons. The van der Waals surface area contributed by atoms with Gasteiger partial charge in [-0.25, -0.2) is 0 Å². The van der Waals surface area contributed by atoms with Gasteiger partial charge in [-0.15, -0.1) is 0 Å². The summed E-state index contributed by atoms with van der Waals surface area (Å²) in [6, 6.07) is 33.6. The third kappa shape index (κ3) is 9.43. The predicted octanol–water partition coefficient (Wildman–Crippen LogP) is 8.03. The maximum absolute atomic E-state index is 13.4. The summed E-state index contributed by atoms with van der Waals surface area (Å²) in [5, 5.41) is 5.79. The van der Waals surface area contributed by atoms with Crippen LogP contribution in [0.2, 0.25) is 0 Å². The van der Waals surface area contributed by atoms with Crippen LogP contribution >= 0.6 is 0 Å². The predicted molar refractivity (Wildman–Crippen MR) is 233 cm³/mol. The SMILES string of the molecule is COc1ccc(NC(=O)CN2C(=O)C(c3ccccc3)=NC23CCCCCC3)cc1OC.O=C(CN1C(=O)C(c2ccccc2)=NC12CCCCCC2)Nc1ccccc1. The van der Waals surface area contributed by atoms with Gasteiger partial charge in [0.1, 0.15) is 35.8 Å². The lowest BCUT2D eigenvalue weighted by Gasteiger charge is -2.35. The molecule has 4 amide bonds. The second-order valence-corrected chi connectivity index (χ2v) is 15.8. The fraction of sp³-hybridized carbons (Fsp3) is 0.375. The van der Waals surface area contributed by atoms with Crippen molar-refractivity contribution in [1.29, 1.82) is 0 Å². The van der Waals surface area contributed by atoms with Crippen LogP contribution in [0, 0.1) is 0 Å². The molecular formula is C48H54N6O6. The van der Waals surface area contributed by atoms with Crippen molar-refractivity contribution in [3.8, 4) is 11.5 Å². The van der Waals surface area contributed by atoms with Crippen LogP contribution in [0.1, 0.15) is 88.2 Å². The molecular weight excluding hydrogens is 757 g/mol. The van der Waals surface area contributed by atoms with E-state index < -0.39 is 11.3 Å². The molecule has 2 saturated carbocycles. The van der Waals surface area contributed by atoms with Crippen molar-refractivity contribution in [2.45, 2.75) is 88.4 Å². The van der Waals surface area contributed by atoms with Crippen molar-refractivity contribution in [3.05, 3.63) is 120 Å². The summed E-state index contributed by atoms with van der Waals surface area (Å²) in [4.78, 5) is 65.7. The van der Waals surface area contributed by atoms with Crippen LogP contribution in [0.15, 0.2) is 119 Å². The summed E-state index contributed by atoms with van der Waals surface area (Å²) in [6.45, 7) is -0.0272. The van der Waals surface area contributed by atoms with Crippen molar-refractivity contribution in [3.63, 3.8) is 0 Å². The average Bonchev–Trinajstić information content (AvgIpc) is 3.46. The first kappa shape index (κ1) is 41.8. The third-order valence-electron chi connectivity index (χ3n) is 11.8. The Morgan fingerprint density at radius 1 is 0.533 bits per heavy atom. The van der Waals surface area contributed by atoms with Crippen molar-refractivity contribution in [1.82, 2.24) is 9.80 Å². The molecule has 2 aliphatic carbocycles. The molecule has 12 nitrogen and oxygen atoms in total. The molecule has 4 aliphatic rings. The number of nitrogens with zero attached hydrogens (tertiary/aromatic N) is 4. The molecule has 0 aromatic heterocycles. The number of methoxy groups -OCH3 is 2. The Hall–Kier alpha value is -6.30. The minimum atomic E-state index is -0.645. The van der Waals surface area contributed by atoms with Crippen LogP contribution < -0.4 is 20.1 Å². The zero-order chi connectivity index (χ0) is 42.0. The van der Waals surface area contributed by atoms with Crippen molar-refractivity contribution in [2.75, 3.05) is 37.9 Å². The number of hydrogen-bond acceptors (Lipinski definition) is 8. The van der Waals surface area contributed by atoms with Gasteiger partial charge >= 0.3 is 0 Å². The van der Waals surface area contributed by atoms with Crippen LogP contribution in [0.3, 0.4) is 0 Å². The molecule has 2 heterocycles. The monoisotopic (exact) mass is 810 g/mol. The molecule has 0 saturated heterocycles. The highest BCUT2D eigenvalue weighted by Gasteiger charge is 2.49. The molecule has 2 N–H and O–H groups in total. The third-order valence-corrected chi connectivity index (χ3v) is 11.8. The molecule has 2 spiro atoms. The number of nitrogens with one attached hydrogen (secondary N) is 2. The van der Waals surface area contributed by atoms with E-state index in [1.54, 1.807) is 42.2 Å². The van der Waals surface area contributed by atoms with Crippen molar-refractivity contribution < 1.29 is 28.7 Å². The van der Waals surface area contributed by atoms with E-state index in [2.05, 4.69) is 10.6 Å². The topological polar surface area (TPSA) is 142 Å². The molecule has 60 heavy (non-hydrogen) atoms. The van der Waals surface area contributed by atoms with Gasteiger partial charge in [-0.1, -0.05) is 105 Å². The number of carbonyl (C=O) groups excluding carboxylic acids is 4. The summed E-state index contributed by atoms with van der Waals surface area (Å²) in [6.07, 6.45) is 11.8. The van der Waals surface area contributed by atoms with E-state index in [1.165, 1.54) is 0 Å². The zero-order valence-corrected chi connectivity index (χ0v) is 34.5.